The third kappa shape index (κ3) is 3.07. The minimum atomic E-state index is -4.38. The third-order valence-electron chi connectivity index (χ3n) is 5.19. The van der Waals surface area contributed by atoms with Gasteiger partial charge in [-0.3, -0.25) is 9.36 Å². The minimum Gasteiger partial charge on any atom is -0.349 e. The van der Waals surface area contributed by atoms with Gasteiger partial charge in [-0.25, -0.2) is 0 Å². The predicted molar refractivity (Wildman–Crippen MR) is 107 cm³/mol. The maximum atomic E-state index is 12.9. The Morgan fingerprint density at radius 1 is 1.17 bits per heavy atom. The van der Waals surface area contributed by atoms with Gasteiger partial charge in [0.25, 0.3) is 5.91 Å². The van der Waals surface area contributed by atoms with Crippen molar-refractivity contribution in [3.8, 4) is 5.69 Å². The van der Waals surface area contributed by atoms with E-state index in [0.717, 1.165) is 46.1 Å². The van der Waals surface area contributed by atoms with Crippen LogP contribution in [0.1, 0.15) is 33.6 Å². The van der Waals surface area contributed by atoms with Crippen LogP contribution >= 0.6 is 11.5 Å². The fourth-order valence-corrected chi connectivity index (χ4v) is 4.26. The SMILES string of the molecule is Cc1snc2c1c1cc(C(=O)NC3CC3)ccc1n2-c1ccc(C(F)(F)F)cc1. The predicted octanol–water partition coefficient (Wildman–Crippen LogP) is 5.46. The third-order valence-corrected chi connectivity index (χ3v) is 5.93. The molecule has 1 aliphatic carbocycles. The molecule has 0 aliphatic heterocycles. The summed E-state index contributed by atoms with van der Waals surface area (Å²) in [5.41, 5.74) is 1.96. The lowest BCUT2D eigenvalue weighted by Gasteiger charge is -2.10. The Balaban J connectivity index is 1.67. The van der Waals surface area contributed by atoms with Crippen LogP contribution in [0.15, 0.2) is 42.5 Å². The van der Waals surface area contributed by atoms with Gasteiger partial charge in [-0.15, -0.1) is 0 Å². The molecule has 4 nitrogen and oxygen atoms in total. The number of carbonyl (C=O) groups is 1. The van der Waals surface area contributed by atoms with E-state index in [2.05, 4.69) is 9.69 Å². The lowest BCUT2D eigenvalue weighted by atomic mass is 10.1. The zero-order valence-corrected chi connectivity index (χ0v) is 16.2. The zero-order valence-electron chi connectivity index (χ0n) is 15.4. The highest BCUT2D eigenvalue weighted by atomic mass is 32.1. The molecule has 1 saturated carbocycles. The van der Waals surface area contributed by atoms with Crippen LogP contribution < -0.4 is 5.32 Å². The summed E-state index contributed by atoms with van der Waals surface area (Å²) >= 11 is 1.34. The van der Waals surface area contributed by atoms with Gasteiger partial charge in [0.15, 0.2) is 5.65 Å². The quantitative estimate of drug-likeness (QED) is 0.483. The first-order valence-corrected chi connectivity index (χ1v) is 9.99. The van der Waals surface area contributed by atoms with Gasteiger partial charge >= 0.3 is 6.18 Å². The molecule has 0 radical (unpaired) electrons. The first kappa shape index (κ1) is 18.2. The van der Waals surface area contributed by atoms with Crippen LogP contribution in [0.2, 0.25) is 0 Å². The molecule has 4 aromatic rings. The maximum absolute atomic E-state index is 12.9. The minimum absolute atomic E-state index is 0.106. The van der Waals surface area contributed by atoms with Gasteiger partial charge in [-0.05, 0) is 73.8 Å². The van der Waals surface area contributed by atoms with E-state index in [1.54, 1.807) is 6.07 Å². The van der Waals surface area contributed by atoms with Crippen molar-refractivity contribution < 1.29 is 18.0 Å². The Kier molecular flexibility index (Phi) is 3.96. The Morgan fingerprint density at radius 3 is 2.55 bits per heavy atom. The summed E-state index contributed by atoms with van der Waals surface area (Å²) in [5, 5.41) is 4.78. The summed E-state index contributed by atoms with van der Waals surface area (Å²) in [7, 11) is 0. The van der Waals surface area contributed by atoms with E-state index >= 15 is 0 Å². The van der Waals surface area contributed by atoms with Crippen molar-refractivity contribution in [2.24, 2.45) is 0 Å². The molecule has 2 aromatic carbocycles. The second-order valence-electron chi connectivity index (χ2n) is 7.30. The Morgan fingerprint density at radius 2 is 1.90 bits per heavy atom. The molecule has 0 bridgehead atoms. The van der Waals surface area contributed by atoms with Gasteiger partial charge in [0.05, 0.1) is 11.1 Å². The summed E-state index contributed by atoms with van der Waals surface area (Å²) in [6.45, 7) is 1.95. The number of nitrogens with zero attached hydrogens (tertiary/aromatic N) is 2. The molecular formula is C21H16F3N3OS. The number of carbonyl (C=O) groups excluding carboxylic acids is 1. The average Bonchev–Trinajstić information content (AvgIpc) is 3.33. The van der Waals surface area contributed by atoms with E-state index in [1.165, 1.54) is 23.7 Å². The van der Waals surface area contributed by atoms with Gasteiger partial charge in [0, 0.05) is 32.9 Å². The van der Waals surface area contributed by atoms with E-state index in [1.807, 2.05) is 23.6 Å². The van der Waals surface area contributed by atoms with Crippen molar-refractivity contribution in [2.45, 2.75) is 32.0 Å². The molecule has 29 heavy (non-hydrogen) atoms. The van der Waals surface area contributed by atoms with E-state index in [4.69, 9.17) is 0 Å². The van der Waals surface area contributed by atoms with Crippen LogP contribution in [-0.2, 0) is 6.18 Å². The summed E-state index contributed by atoms with van der Waals surface area (Å²) in [5.74, 6) is -0.106. The highest BCUT2D eigenvalue weighted by molar-refractivity contribution is 7.07. The average molecular weight is 415 g/mol. The topological polar surface area (TPSA) is 46.9 Å². The van der Waals surface area contributed by atoms with E-state index in [-0.39, 0.29) is 11.9 Å². The number of alkyl halides is 3. The number of nitrogens with one attached hydrogen (secondary N) is 1. The molecule has 148 valence electrons. The molecule has 2 aromatic heterocycles. The van der Waals surface area contributed by atoms with Gasteiger partial charge in [0.2, 0.25) is 0 Å². The number of aryl methyl sites for hydroxylation is 1. The maximum Gasteiger partial charge on any atom is 0.416 e. The van der Waals surface area contributed by atoms with Crippen molar-refractivity contribution in [2.75, 3.05) is 0 Å². The van der Waals surface area contributed by atoms with Crippen molar-refractivity contribution in [1.82, 2.24) is 14.3 Å². The molecule has 1 aliphatic rings. The second-order valence-corrected chi connectivity index (χ2v) is 8.27. The number of halogens is 3. The molecular weight excluding hydrogens is 399 g/mol. The Bertz CT molecular complexity index is 1250. The molecule has 0 saturated heterocycles. The van der Waals surface area contributed by atoms with Gasteiger partial charge in [0.1, 0.15) is 0 Å². The second kappa shape index (κ2) is 6.32. The van der Waals surface area contributed by atoms with Crippen molar-refractivity contribution in [3.05, 3.63) is 58.5 Å². The van der Waals surface area contributed by atoms with Crippen LogP contribution in [0.5, 0.6) is 0 Å². The van der Waals surface area contributed by atoms with Gasteiger partial charge in [-0.2, -0.15) is 17.5 Å². The number of hydrogen-bond acceptors (Lipinski definition) is 3. The molecule has 0 spiro atoms. The van der Waals surface area contributed by atoms with Crippen molar-refractivity contribution in [3.63, 3.8) is 0 Å². The Hall–Kier alpha value is -2.87. The molecule has 2 heterocycles. The standard InChI is InChI=1S/C21H16F3N3OS/c1-11-18-16-10-12(20(28)25-14-5-6-14)2-9-17(16)27(19(18)26-29-11)15-7-3-13(4-8-15)21(22,23)24/h2-4,7-10,14H,5-6H2,1H3,(H,25,28). The van der Waals surface area contributed by atoms with E-state index in [9.17, 15) is 18.0 Å². The molecule has 0 unspecified atom stereocenters. The summed E-state index contributed by atoms with van der Waals surface area (Å²) in [6, 6.07) is 10.7. The fourth-order valence-electron chi connectivity index (χ4n) is 3.57. The molecule has 1 amide bonds. The van der Waals surface area contributed by atoms with Crippen LogP contribution in [0.4, 0.5) is 13.2 Å². The van der Waals surface area contributed by atoms with Crippen LogP contribution in [0.25, 0.3) is 27.6 Å². The highest BCUT2D eigenvalue weighted by Crippen LogP contribution is 2.37. The summed E-state index contributed by atoms with van der Waals surface area (Å²) in [6.07, 6.45) is -2.36. The fraction of sp³-hybridized carbons (Fsp3) is 0.238. The normalized spacial score (nSPS) is 14.6. The van der Waals surface area contributed by atoms with Crippen LogP contribution in [0, 0.1) is 6.92 Å². The Labute approximate surface area is 168 Å². The molecule has 8 heteroatoms. The van der Waals surface area contributed by atoms with Crippen LogP contribution in [0.3, 0.4) is 0 Å². The van der Waals surface area contributed by atoms with Gasteiger partial charge in [-0.1, -0.05) is 0 Å². The number of hydrogen-bond donors (Lipinski definition) is 1. The molecule has 5 rings (SSSR count). The number of fused-ring (bicyclic) bond motifs is 3. The lowest BCUT2D eigenvalue weighted by Crippen LogP contribution is -2.25. The largest absolute Gasteiger partial charge is 0.416 e. The molecule has 1 fully saturated rings. The number of amides is 1. The first-order valence-electron chi connectivity index (χ1n) is 9.22. The van der Waals surface area contributed by atoms with Crippen LogP contribution in [-0.4, -0.2) is 20.9 Å². The van der Waals surface area contributed by atoms with Gasteiger partial charge < -0.3 is 5.32 Å². The number of rotatable bonds is 3. The number of benzene rings is 2. The summed E-state index contributed by atoms with van der Waals surface area (Å²) in [4.78, 5) is 13.5. The van der Waals surface area contributed by atoms with Crippen molar-refractivity contribution >= 4 is 39.4 Å². The number of aromatic nitrogens is 2. The summed E-state index contributed by atoms with van der Waals surface area (Å²) < 4.78 is 45.2. The highest BCUT2D eigenvalue weighted by Gasteiger charge is 2.30. The van der Waals surface area contributed by atoms with E-state index in [0.29, 0.717) is 16.9 Å². The van der Waals surface area contributed by atoms with E-state index < -0.39 is 11.7 Å². The monoisotopic (exact) mass is 415 g/mol. The molecule has 0 atom stereocenters. The smallest absolute Gasteiger partial charge is 0.349 e. The zero-order chi connectivity index (χ0) is 20.3. The first-order chi connectivity index (χ1) is 13.8. The molecule has 1 N–H and O–H groups in total. The van der Waals surface area contributed by atoms with Crippen molar-refractivity contribution in [1.29, 1.82) is 0 Å². The lowest BCUT2D eigenvalue weighted by molar-refractivity contribution is -0.137.